The molecular formula is C19H19N5O2. The summed E-state index contributed by atoms with van der Waals surface area (Å²) in [4.78, 5) is 17.9. The van der Waals surface area contributed by atoms with Crippen LogP contribution in [0.4, 0.5) is 17.5 Å². The van der Waals surface area contributed by atoms with Crippen molar-refractivity contribution in [3.63, 3.8) is 0 Å². The van der Waals surface area contributed by atoms with Crippen molar-refractivity contribution in [1.29, 1.82) is 0 Å². The molecule has 132 valence electrons. The molecule has 3 rings (SSSR count). The second kappa shape index (κ2) is 8.06. The minimum absolute atomic E-state index is 0.370. The highest BCUT2D eigenvalue weighted by atomic mass is 16.5. The largest absolute Gasteiger partial charge is 0.465 e. The van der Waals surface area contributed by atoms with Crippen LogP contribution in [-0.4, -0.2) is 35.3 Å². The number of esters is 1. The first kappa shape index (κ1) is 17.3. The Kier molecular flexibility index (Phi) is 5.38. The highest BCUT2D eigenvalue weighted by Gasteiger charge is 2.08. The summed E-state index contributed by atoms with van der Waals surface area (Å²) in [5, 5.41) is 11.3. The molecule has 0 saturated carbocycles. The molecule has 3 aromatic rings. The Balaban J connectivity index is 1.70. The third-order valence-corrected chi connectivity index (χ3v) is 3.73. The third-order valence-electron chi connectivity index (χ3n) is 3.73. The minimum atomic E-state index is -0.370. The number of hydrogen-bond acceptors (Lipinski definition) is 7. The Morgan fingerprint density at radius 3 is 2.54 bits per heavy atom. The fourth-order valence-electron chi connectivity index (χ4n) is 2.40. The van der Waals surface area contributed by atoms with Crippen molar-refractivity contribution < 1.29 is 9.53 Å². The molecule has 0 aliphatic carbocycles. The summed E-state index contributed by atoms with van der Waals surface area (Å²) in [7, 11) is 3.27. The Labute approximate surface area is 151 Å². The number of aromatic nitrogens is 3. The number of methoxy groups -OCH3 is 1. The number of carbonyl (C=O) groups excluding carboxylic acids is 1. The van der Waals surface area contributed by atoms with E-state index < -0.39 is 0 Å². The Morgan fingerprint density at radius 2 is 1.85 bits per heavy atom. The van der Waals surface area contributed by atoms with E-state index in [0.29, 0.717) is 23.9 Å². The summed E-state index contributed by atoms with van der Waals surface area (Å²) in [6, 6.07) is 17.0. The molecule has 0 aliphatic heterocycles. The summed E-state index contributed by atoms with van der Waals surface area (Å²) >= 11 is 0. The van der Waals surface area contributed by atoms with E-state index in [1.165, 1.54) is 7.11 Å². The lowest BCUT2D eigenvalue weighted by atomic mass is 10.2. The van der Waals surface area contributed by atoms with Crippen molar-refractivity contribution in [2.24, 2.45) is 0 Å². The van der Waals surface area contributed by atoms with Gasteiger partial charge in [0.2, 0.25) is 5.95 Å². The van der Waals surface area contributed by atoms with Gasteiger partial charge in [0.25, 0.3) is 0 Å². The van der Waals surface area contributed by atoms with Crippen LogP contribution in [-0.2, 0) is 11.3 Å². The van der Waals surface area contributed by atoms with E-state index in [1.54, 1.807) is 30.5 Å². The van der Waals surface area contributed by atoms with Crippen molar-refractivity contribution in [3.05, 3.63) is 71.9 Å². The predicted molar refractivity (Wildman–Crippen MR) is 99.4 cm³/mol. The summed E-state index contributed by atoms with van der Waals surface area (Å²) in [6.45, 7) is 0.680. The van der Waals surface area contributed by atoms with Crippen LogP contribution in [0.25, 0.3) is 0 Å². The van der Waals surface area contributed by atoms with Crippen molar-refractivity contribution in [2.45, 2.75) is 6.54 Å². The first-order chi connectivity index (χ1) is 12.7. The Hall–Kier alpha value is -3.48. The van der Waals surface area contributed by atoms with E-state index in [-0.39, 0.29) is 5.97 Å². The maximum Gasteiger partial charge on any atom is 0.337 e. The van der Waals surface area contributed by atoms with Gasteiger partial charge in [-0.2, -0.15) is 10.1 Å². The van der Waals surface area contributed by atoms with Crippen molar-refractivity contribution >= 4 is 23.4 Å². The number of hydrogen-bond donors (Lipinski definition) is 1. The van der Waals surface area contributed by atoms with E-state index in [0.717, 1.165) is 11.3 Å². The summed E-state index contributed by atoms with van der Waals surface area (Å²) < 4.78 is 4.69. The van der Waals surface area contributed by atoms with E-state index in [4.69, 9.17) is 0 Å². The van der Waals surface area contributed by atoms with Gasteiger partial charge in [0.15, 0.2) is 5.82 Å². The lowest BCUT2D eigenvalue weighted by molar-refractivity contribution is 0.0601. The molecule has 0 amide bonds. The average Bonchev–Trinajstić information content (AvgIpc) is 2.69. The van der Waals surface area contributed by atoms with Crippen molar-refractivity contribution in [1.82, 2.24) is 15.2 Å². The average molecular weight is 349 g/mol. The standard InChI is InChI=1S/C19H19N5O2/c1-24(13-14-6-4-3-5-7-14)19-22-17(12-20-23-19)21-16-10-8-15(9-11-16)18(25)26-2/h3-12H,13H2,1-2H3,(H,21,22,23). The van der Waals surface area contributed by atoms with Crippen LogP contribution in [0.2, 0.25) is 0 Å². The third kappa shape index (κ3) is 4.32. The normalized spacial score (nSPS) is 10.2. The quantitative estimate of drug-likeness (QED) is 0.685. The number of carbonyl (C=O) groups is 1. The molecule has 0 atom stereocenters. The highest BCUT2D eigenvalue weighted by molar-refractivity contribution is 5.89. The molecule has 1 heterocycles. The van der Waals surface area contributed by atoms with Crippen molar-refractivity contribution in [3.8, 4) is 0 Å². The number of benzene rings is 2. The van der Waals surface area contributed by atoms with Crippen LogP contribution in [0.5, 0.6) is 0 Å². The maximum absolute atomic E-state index is 11.5. The van der Waals surface area contributed by atoms with Crippen LogP contribution in [0.3, 0.4) is 0 Å². The molecule has 0 saturated heterocycles. The molecule has 26 heavy (non-hydrogen) atoms. The molecule has 0 spiro atoms. The van der Waals surface area contributed by atoms with Crippen LogP contribution >= 0.6 is 0 Å². The van der Waals surface area contributed by atoms with Gasteiger partial charge in [-0.15, -0.1) is 5.10 Å². The van der Waals surface area contributed by atoms with E-state index in [2.05, 4.69) is 37.4 Å². The number of anilines is 3. The number of rotatable bonds is 6. The van der Waals surface area contributed by atoms with E-state index in [9.17, 15) is 4.79 Å². The van der Waals surface area contributed by atoms with Crippen LogP contribution < -0.4 is 10.2 Å². The second-order valence-corrected chi connectivity index (χ2v) is 5.68. The van der Waals surface area contributed by atoms with Crippen LogP contribution in [0, 0.1) is 0 Å². The van der Waals surface area contributed by atoms with Gasteiger partial charge < -0.3 is 15.0 Å². The first-order valence-corrected chi connectivity index (χ1v) is 8.06. The minimum Gasteiger partial charge on any atom is -0.465 e. The van der Waals surface area contributed by atoms with E-state index >= 15 is 0 Å². The summed E-state index contributed by atoms with van der Waals surface area (Å²) in [6.07, 6.45) is 1.55. The topological polar surface area (TPSA) is 80.2 Å². The monoisotopic (exact) mass is 349 g/mol. The zero-order valence-corrected chi connectivity index (χ0v) is 14.6. The molecule has 0 radical (unpaired) electrons. The van der Waals surface area contributed by atoms with E-state index in [1.807, 2.05) is 30.1 Å². The zero-order chi connectivity index (χ0) is 18.4. The first-order valence-electron chi connectivity index (χ1n) is 8.06. The highest BCUT2D eigenvalue weighted by Crippen LogP contribution is 2.17. The molecule has 1 aromatic heterocycles. The molecule has 1 N–H and O–H groups in total. The molecule has 0 fully saturated rings. The maximum atomic E-state index is 11.5. The molecule has 7 nitrogen and oxygen atoms in total. The fourth-order valence-corrected chi connectivity index (χ4v) is 2.40. The van der Waals surface area contributed by atoms with Gasteiger partial charge in [-0.05, 0) is 29.8 Å². The molecule has 2 aromatic carbocycles. The van der Waals surface area contributed by atoms with Gasteiger partial charge in [0, 0.05) is 19.3 Å². The van der Waals surface area contributed by atoms with Gasteiger partial charge in [0.05, 0.1) is 18.9 Å². The van der Waals surface area contributed by atoms with Crippen LogP contribution in [0.1, 0.15) is 15.9 Å². The molecular weight excluding hydrogens is 330 g/mol. The molecule has 0 aliphatic rings. The fraction of sp³-hybridized carbons (Fsp3) is 0.158. The molecule has 0 unspecified atom stereocenters. The summed E-state index contributed by atoms with van der Waals surface area (Å²) in [5.74, 6) is 0.718. The second-order valence-electron chi connectivity index (χ2n) is 5.68. The number of nitrogens with one attached hydrogen (secondary N) is 1. The van der Waals surface area contributed by atoms with Gasteiger partial charge in [-0.25, -0.2) is 4.79 Å². The lowest BCUT2D eigenvalue weighted by Crippen LogP contribution is -2.19. The SMILES string of the molecule is COC(=O)c1ccc(Nc2cnnc(N(C)Cc3ccccc3)n2)cc1. The van der Waals surface area contributed by atoms with Gasteiger partial charge in [-0.1, -0.05) is 30.3 Å². The van der Waals surface area contributed by atoms with Gasteiger partial charge in [0.1, 0.15) is 0 Å². The summed E-state index contributed by atoms with van der Waals surface area (Å²) in [5.41, 5.74) is 2.44. The smallest absolute Gasteiger partial charge is 0.337 e. The zero-order valence-electron chi connectivity index (χ0n) is 14.6. The Bertz CT molecular complexity index is 869. The Morgan fingerprint density at radius 1 is 1.12 bits per heavy atom. The lowest BCUT2D eigenvalue weighted by Gasteiger charge is -2.17. The molecule has 7 heteroatoms. The molecule has 0 bridgehead atoms. The van der Waals surface area contributed by atoms with Crippen LogP contribution in [0.15, 0.2) is 60.8 Å². The van der Waals surface area contributed by atoms with Crippen molar-refractivity contribution in [2.75, 3.05) is 24.4 Å². The predicted octanol–water partition coefficient (Wildman–Crippen LogP) is 3.04. The number of nitrogens with zero attached hydrogens (tertiary/aromatic N) is 4. The number of ether oxygens (including phenoxy) is 1. The van der Waals surface area contributed by atoms with Gasteiger partial charge >= 0.3 is 5.97 Å². The van der Waals surface area contributed by atoms with Gasteiger partial charge in [-0.3, -0.25) is 0 Å².